The number of nitrogens with one attached hydrogen (secondary N) is 1. The molecular formula is C16H23N3O4S. The molecule has 0 atom stereocenters. The van der Waals surface area contributed by atoms with E-state index in [-0.39, 0.29) is 11.4 Å². The molecule has 1 heterocycles. The average molecular weight is 353 g/mol. The van der Waals surface area contributed by atoms with E-state index >= 15 is 0 Å². The Morgan fingerprint density at radius 1 is 1.25 bits per heavy atom. The fraction of sp³-hybridized carbons (Fsp3) is 0.688. The van der Waals surface area contributed by atoms with Crippen LogP contribution in [0.1, 0.15) is 67.0 Å². The van der Waals surface area contributed by atoms with Crippen molar-refractivity contribution in [2.45, 2.75) is 50.9 Å². The topological polar surface area (TPSA) is 98.2 Å². The van der Waals surface area contributed by atoms with E-state index in [9.17, 15) is 13.2 Å². The lowest BCUT2D eigenvalue weighted by Gasteiger charge is -2.09. The van der Waals surface area contributed by atoms with Gasteiger partial charge in [0, 0.05) is 12.0 Å². The molecule has 2 aliphatic rings. The van der Waals surface area contributed by atoms with Crippen LogP contribution in [-0.2, 0) is 10.0 Å². The first-order chi connectivity index (χ1) is 11.5. The number of unbranched alkanes of at least 4 members (excludes halogenated alkanes) is 1. The van der Waals surface area contributed by atoms with Crippen molar-refractivity contribution in [3.63, 3.8) is 0 Å². The number of hydrogen-bond donors (Lipinski definition) is 1. The third-order valence-corrected chi connectivity index (χ3v) is 5.75. The molecule has 2 fully saturated rings. The number of aromatic nitrogens is 2. The van der Waals surface area contributed by atoms with Crippen molar-refractivity contribution < 1.29 is 17.9 Å². The van der Waals surface area contributed by atoms with Crippen molar-refractivity contribution >= 4 is 15.9 Å². The van der Waals surface area contributed by atoms with Crippen LogP contribution in [0.25, 0.3) is 0 Å². The molecule has 0 spiro atoms. The van der Waals surface area contributed by atoms with Gasteiger partial charge in [0.15, 0.2) is 5.69 Å². The molecule has 2 saturated carbocycles. The smallest absolute Gasteiger partial charge is 0.285 e. The van der Waals surface area contributed by atoms with Gasteiger partial charge in [-0.2, -0.15) is 5.10 Å². The zero-order valence-electron chi connectivity index (χ0n) is 13.8. The summed E-state index contributed by atoms with van der Waals surface area (Å²) in [5, 5.41) is 7.89. The van der Waals surface area contributed by atoms with E-state index in [2.05, 4.69) is 14.9 Å². The number of carbonyl (C=O) groups is 1. The zero-order chi connectivity index (χ0) is 17.2. The molecule has 0 aromatic carbocycles. The maximum Gasteiger partial charge on any atom is 0.285 e. The van der Waals surface area contributed by atoms with E-state index in [0.717, 1.165) is 37.3 Å². The number of amides is 1. The number of methoxy groups -OCH3 is 1. The highest BCUT2D eigenvalue weighted by Gasteiger charge is 2.30. The molecule has 0 bridgehead atoms. The highest BCUT2D eigenvalue weighted by Crippen LogP contribution is 2.42. The SMILES string of the molecule is COc1cc(C(=O)NS(=O)(=O)CCCCC2CC2)nnc1C1CC1. The van der Waals surface area contributed by atoms with Gasteiger partial charge in [-0.05, 0) is 25.2 Å². The second-order valence-corrected chi connectivity index (χ2v) is 8.49. The molecule has 0 saturated heterocycles. The largest absolute Gasteiger partial charge is 0.495 e. The van der Waals surface area contributed by atoms with Gasteiger partial charge in [0.1, 0.15) is 11.4 Å². The van der Waals surface area contributed by atoms with Gasteiger partial charge in [-0.3, -0.25) is 4.79 Å². The Labute approximate surface area is 142 Å². The summed E-state index contributed by atoms with van der Waals surface area (Å²) in [6.07, 6.45) is 7.12. The van der Waals surface area contributed by atoms with E-state index < -0.39 is 15.9 Å². The minimum Gasteiger partial charge on any atom is -0.495 e. The summed E-state index contributed by atoms with van der Waals surface area (Å²) >= 11 is 0. The first-order valence-electron chi connectivity index (χ1n) is 8.45. The third kappa shape index (κ3) is 4.66. The van der Waals surface area contributed by atoms with Crippen molar-refractivity contribution in [2.24, 2.45) is 5.92 Å². The fourth-order valence-electron chi connectivity index (χ4n) is 2.67. The van der Waals surface area contributed by atoms with Crippen LogP contribution in [0.3, 0.4) is 0 Å². The Morgan fingerprint density at radius 2 is 2.00 bits per heavy atom. The summed E-state index contributed by atoms with van der Waals surface area (Å²) < 4.78 is 31.3. The molecule has 8 heteroatoms. The van der Waals surface area contributed by atoms with Gasteiger partial charge in [0.2, 0.25) is 10.0 Å². The minimum absolute atomic E-state index is 0.0437. The first kappa shape index (κ1) is 17.1. The van der Waals surface area contributed by atoms with Crippen LogP contribution >= 0.6 is 0 Å². The molecule has 0 unspecified atom stereocenters. The average Bonchev–Trinajstić information content (AvgIpc) is 3.44. The monoisotopic (exact) mass is 353 g/mol. The number of ether oxygens (including phenoxy) is 1. The predicted octanol–water partition coefficient (Wildman–Crippen LogP) is 2.00. The summed E-state index contributed by atoms with van der Waals surface area (Å²) in [4.78, 5) is 12.1. The summed E-state index contributed by atoms with van der Waals surface area (Å²) in [7, 11) is -2.15. The van der Waals surface area contributed by atoms with E-state index in [1.807, 2.05) is 0 Å². The molecule has 1 amide bonds. The lowest BCUT2D eigenvalue weighted by molar-refractivity contribution is 0.0975. The molecule has 1 N–H and O–H groups in total. The van der Waals surface area contributed by atoms with Crippen molar-refractivity contribution in [1.82, 2.24) is 14.9 Å². The molecule has 2 aliphatic carbocycles. The standard InChI is InChI=1S/C16H23N3O4S/c1-23-14-10-13(17-18-15(14)12-7-8-12)16(20)19-24(21,22)9-3-2-4-11-5-6-11/h10-12H,2-9H2,1H3,(H,19,20). The molecule has 3 rings (SSSR count). The molecule has 0 aliphatic heterocycles. The van der Waals surface area contributed by atoms with Gasteiger partial charge in [-0.1, -0.05) is 25.7 Å². The fourth-order valence-corrected chi connectivity index (χ4v) is 3.75. The van der Waals surface area contributed by atoms with E-state index in [4.69, 9.17) is 4.74 Å². The number of nitrogens with zero attached hydrogens (tertiary/aromatic N) is 2. The highest BCUT2D eigenvalue weighted by atomic mass is 32.2. The van der Waals surface area contributed by atoms with Gasteiger partial charge in [-0.25, -0.2) is 13.1 Å². The van der Waals surface area contributed by atoms with Crippen LogP contribution in [0.15, 0.2) is 6.07 Å². The molecular weight excluding hydrogens is 330 g/mol. The predicted molar refractivity (Wildman–Crippen MR) is 88.4 cm³/mol. The van der Waals surface area contributed by atoms with E-state index in [0.29, 0.717) is 18.1 Å². The Bertz CT molecular complexity index is 712. The Morgan fingerprint density at radius 3 is 2.62 bits per heavy atom. The number of carbonyl (C=O) groups excluding carboxylic acids is 1. The molecule has 132 valence electrons. The van der Waals surface area contributed by atoms with E-state index in [1.165, 1.54) is 26.0 Å². The van der Waals surface area contributed by atoms with Crippen LogP contribution in [0.2, 0.25) is 0 Å². The first-order valence-corrected chi connectivity index (χ1v) is 10.1. The van der Waals surface area contributed by atoms with Crippen LogP contribution in [0.5, 0.6) is 5.75 Å². The van der Waals surface area contributed by atoms with Crippen LogP contribution in [0.4, 0.5) is 0 Å². The third-order valence-electron chi connectivity index (χ3n) is 4.42. The number of hydrogen-bond acceptors (Lipinski definition) is 6. The number of rotatable bonds is 9. The second-order valence-electron chi connectivity index (χ2n) is 6.65. The Balaban J connectivity index is 1.56. The summed E-state index contributed by atoms with van der Waals surface area (Å²) in [5.74, 6) is 0.801. The van der Waals surface area contributed by atoms with Gasteiger partial charge in [0.05, 0.1) is 12.9 Å². The molecule has 7 nitrogen and oxygen atoms in total. The van der Waals surface area contributed by atoms with Crippen LogP contribution in [0, 0.1) is 5.92 Å². The van der Waals surface area contributed by atoms with Gasteiger partial charge < -0.3 is 4.74 Å². The summed E-state index contributed by atoms with van der Waals surface area (Å²) in [6, 6.07) is 1.46. The zero-order valence-corrected chi connectivity index (χ0v) is 14.6. The van der Waals surface area contributed by atoms with Crippen LogP contribution < -0.4 is 9.46 Å². The molecule has 24 heavy (non-hydrogen) atoms. The highest BCUT2D eigenvalue weighted by molar-refractivity contribution is 7.90. The summed E-state index contributed by atoms with van der Waals surface area (Å²) in [5.41, 5.74) is 0.690. The number of sulfonamides is 1. The quantitative estimate of drug-likeness (QED) is 0.682. The minimum atomic E-state index is -3.65. The van der Waals surface area contributed by atoms with Gasteiger partial charge in [0.25, 0.3) is 5.91 Å². The Kier molecular flexibility index (Phi) is 5.03. The van der Waals surface area contributed by atoms with Crippen molar-refractivity contribution in [1.29, 1.82) is 0 Å². The molecule has 1 aromatic rings. The Hall–Kier alpha value is -1.70. The van der Waals surface area contributed by atoms with Crippen molar-refractivity contribution in [3.8, 4) is 5.75 Å². The molecule has 0 radical (unpaired) electrons. The lowest BCUT2D eigenvalue weighted by Crippen LogP contribution is -2.33. The van der Waals surface area contributed by atoms with Crippen molar-refractivity contribution in [2.75, 3.05) is 12.9 Å². The molecule has 1 aromatic heterocycles. The lowest BCUT2D eigenvalue weighted by atomic mass is 10.2. The maximum absolute atomic E-state index is 12.1. The van der Waals surface area contributed by atoms with Crippen LogP contribution in [-0.4, -0.2) is 37.4 Å². The maximum atomic E-state index is 12.1. The normalized spacial score (nSPS) is 17.5. The van der Waals surface area contributed by atoms with Gasteiger partial charge >= 0.3 is 0 Å². The van der Waals surface area contributed by atoms with Crippen molar-refractivity contribution in [3.05, 3.63) is 17.5 Å². The van der Waals surface area contributed by atoms with Gasteiger partial charge in [-0.15, -0.1) is 5.10 Å². The second kappa shape index (κ2) is 7.04. The van der Waals surface area contributed by atoms with E-state index in [1.54, 1.807) is 0 Å². The summed E-state index contributed by atoms with van der Waals surface area (Å²) in [6.45, 7) is 0.